The van der Waals surface area contributed by atoms with E-state index in [2.05, 4.69) is 30.9 Å². The molecule has 1 fully saturated rings. The van der Waals surface area contributed by atoms with Crippen LogP contribution in [0, 0.1) is 0 Å². The van der Waals surface area contributed by atoms with Gasteiger partial charge in [0.2, 0.25) is 0 Å². The largest absolute Gasteiger partial charge is 0.457 e. The van der Waals surface area contributed by atoms with Crippen molar-refractivity contribution in [2.45, 2.75) is 37.8 Å². The van der Waals surface area contributed by atoms with Crippen LogP contribution < -0.4 is 0 Å². The van der Waals surface area contributed by atoms with Crippen LogP contribution in [0.1, 0.15) is 36.0 Å². The monoisotopic (exact) mass is 340 g/mol. The van der Waals surface area contributed by atoms with Crippen molar-refractivity contribution in [3.63, 3.8) is 0 Å². The zero-order valence-corrected chi connectivity index (χ0v) is 15.2. The Morgan fingerprint density at radius 1 is 1.09 bits per heavy atom. The van der Waals surface area contributed by atoms with Gasteiger partial charge >= 0.3 is 5.97 Å². The molecule has 5 heteroatoms. The van der Waals surface area contributed by atoms with Gasteiger partial charge in [-0.3, -0.25) is 4.90 Å². The van der Waals surface area contributed by atoms with Crippen molar-refractivity contribution in [3.8, 4) is 0 Å². The third-order valence-corrected chi connectivity index (χ3v) is 4.40. The van der Waals surface area contributed by atoms with Gasteiger partial charge in [-0.25, -0.2) is 4.79 Å². The third kappa shape index (κ3) is 6.13. The molecule has 0 unspecified atom stereocenters. The van der Waals surface area contributed by atoms with Crippen molar-refractivity contribution in [1.29, 1.82) is 0 Å². The number of nitrogens with zero attached hydrogens (tertiary/aromatic N) is 2. The summed E-state index contributed by atoms with van der Waals surface area (Å²) in [6.45, 7) is 2.02. The molecule has 23 heavy (non-hydrogen) atoms. The maximum atomic E-state index is 12.3. The predicted octanol–water partition coefficient (Wildman–Crippen LogP) is 3.07. The number of hydrogen-bond acceptors (Lipinski definition) is 4. The first-order valence-corrected chi connectivity index (χ1v) is 8.19. The van der Waals surface area contributed by atoms with E-state index in [-0.39, 0.29) is 24.5 Å². The number of rotatable bonds is 6. The van der Waals surface area contributed by atoms with Crippen LogP contribution in [0.25, 0.3) is 0 Å². The van der Waals surface area contributed by atoms with E-state index >= 15 is 0 Å². The lowest BCUT2D eigenvalue weighted by Crippen LogP contribution is -2.47. The molecule has 1 aromatic rings. The molecule has 0 spiro atoms. The van der Waals surface area contributed by atoms with E-state index < -0.39 is 0 Å². The normalized spacial score (nSPS) is 21.1. The average molecular weight is 341 g/mol. The van der Waals surface area contributed by atoms with E-state index in [1.54, 1.807) is 0 Å². The number of benzene rings is 1. The Labute approximate surface area is 146 Å². The van der Waals surface area contributed by atoms with E-state index in [9.17, 15) is 4.79 Å². The fraction of sp³-hybridized carbons (Fsp3) is 0.611. The average Bonchev–Trinajstić information content (AvgIpc) is 2.54. The van der Waals surface area contributed by atoms with Crippen LogP contribution in [-0.2, 0) is 4.74 Å². The highest BCUT2D eigenvalue weighted by Gasteiger charge is 2.31. The van der Waals surface area contributed by atoms with Crippen molar-refractivity contribution < 1.29 is 9.53 Å². The molecule has 2 atom stereocenters. The number of hydrogen-bond donors (Lipinski definition) is 0. The molecule has 1 aliphatic rings. The van der Waals surface area contributed by atoms with Crippen molar-refractivity contribution in [3.05, 3.63) is 35.9 Å². The lowest BCUT2D eigenvalue weighted by molar-refractivity contribution is -0.0127. The fourth-order valence-corrected chi connectivity index (χ4v) is 3.02. The molecule has 0 amide bonds. The lowest BCUT2D eigenvalue weighted by atomic mass is 9.91. The lowest BCUT2D eigenvalue weighted by Gasteiger charge is -2.37. The van der Waals surface area contributed by atoms with Crippen LogP contribution in [0.4, 0.5) is 0 Å². The molecule has 130 valence electrons. The van der Waals surface area contributed by atoms with Crippen LogP contribution in [0.3, 0.4) is 0 Å². The van der Waals surface area contributed by atoms with Gasteiger partial charge in [-0.15, -0.1) is 12.4 Å². The third-order valence-electron chi connectivity index (χ3n) is 4.40. The molecule has 1 aliphatic carbocycles. The molecule has 0 aliphatic heterocycles. The van der Waals surface area contributed by atoms with Gasteiger partial charge < -0.3 is 9.64 Å². The van der Waals surface area contributed by atoms with Gasteiger partial charge in [-0.2, -0.15) is 0 Å². The second-order valence-corrected chi connectivity index (χ2v) is 6.45. The Bertz CT molecular complexity index is 467. The highest BCUT2D eigenvalue weighted by Crippen LogP contribution is 2.25. The Balaban J connectivity index is 0.00000264. The van der Waals surface area contributed by atoms with Gasteiger partial charge in [0.25, 0.3) is 0 Å². The van der Waals surface area contributed by atoms with E-state index in [4.69, 9.17) is 4.74 Å². The number of halogens is 1. The molecule has 0 aromatic heterocycles. The quantitative estimate of drug-likeness (QED) is 0.745. The van der Waals surface area contributed by atoms with E-state index in [1.807, 2.05) is 30.3 Å². The SMILES string of the molecule is CN(C)CCN(C)[C@@H]1CCCC[C@H]1OC(=O)c1ccccc1.Cl. The second kappa shape index (κ2) is 9.91. The van der Waals surface area contributed by atoms with Gasteiger partial charge in [0.15, 0.2) is 0 Å². The topological polar surface area (TPSA) is 32.8 Å². The Hall–Kier alpha value is -1.10. The van der Waals surface area contributed by atoms with Crippen LogP contribution in [0.5, 0.6) is 0 Å². The van der Waals surface area contributed by atoms with Crippen LogP contribution in [0.15, 0.2) is 30.3 Å². The van der Waals surface area contributed by atoms with Crippen molar-refractivity contribution in [2.75, 3.05) is 34.2 Å². The molecule has 0 N–H and O–H groups in total. The molecular formula is C18H29ClN2O2. The smallest absolute Gasteiger partial charge is 0.338 e. The van der Waals surface area contributed by atoms with Crippen LogP contribution >= 0.6 is 12.4 Å². The molecule has 0 bridgehead atoms. The summed E-state index contributed by atoms with van der Waals surface area (Å²) < 4.78 is 5.82. The number of ether oxygens (including phenoxy) is 1. The van der Waals surface area contributed by atoms with Gasteiger partial charge in [-0.05, 0) is 52.5 Å². The second-order valence-electron chi connectivity index (χ2n) is 6.45. The summed E-state index contributed by atoms with van der Waals surface area (Å²) in [4.78, 5) is 16.8. The van der Waals surface area contributed by atoms with Gasteiger partial charge in [-0.1, -0.05) is 24.6 Å². The highest BCUT2D eigenvalue weighted by atomic mass is 35.5. The maximum Gasteiger partial charge on any atom is 0.338 e. The zero-order chi connectivity index (χ0) is 15.9. The molecule has 0 saturated heterocycles. The molecule has 1 aromatic carbocycles. The summed E-state index contributed by atoms with van der Waals surface area (Å²) in [5, 5.41) is 0. The van der Waals surface area contributed by atoms with E-state index in [0.717, 1.165) is 32.4 Å². The van der Waals surface area contributed by atoms with Crippen LogP contribution in [0.2, 0.25) is 0 Å². The molecular weight excluding hydrogens is 312 g/mol. The van der Waals surface area contributed by atoms with Gasteiger partial charge in [0.1, 0.15) is 6.10 Å². The number of carbonyl (C=O) groups excluding carboxylic acids is 1. The molecule has 0 heterocycles. The zero-order valence-electron chi connectivity index (χ0n) is 14.4. The summed E-state index contributed by atoms with van der Waals surface area (Å²) in [6.07, 6.45) is 4.45. The minimum atomic E-state index is -0.196. The Morgan fingerprint density at radius 2 is 1.74 bits per heavy atom. The number of carbonyl (C=O) groups is 1. The van der Waals surface area contributed by atoms with Gasteiger partial charge in [0.05, 0.1) is 5.56 Å². The van der Waals surface area contributed by atoms with E-state index in [1.165, 1.54) is 6.42 Å². The molecule has 4 nitrogen and oxygen atoms in total. The first-order valence-electron chi connectivity index (χ1n) is 8.19. The predicted molar refractivity (Wildman–Crippen MR) is 96.3 cm³/mol. The summed E-state index contributed by atoms with van der Waals surface area (Å²) in [7, 11) is 6.31. The van der Waals surface area contributed by atoms with E-state index in [0.29, 0.717) is 11.6 Å². The number of likely N-dealkylation sites (N-methyl/N-ethyl adjacent to an activating group) is 2. The highest BCUT2D eigenvalue weighted by molar-refractivity contribution is 5.89. The summed E-state index contributed by atoms with van der Waals surface area (Å²) in [5.74, 6) is -0.196. The standard InChI is InChI=1S/C18H28N2O2.ClH/c1-19(2)13-14-20(3)16-11-7-8-12-17(16)22-18(21)15-9-5-4-6-10-15;/h4-6,9-10,16-17H,7-8,11-14H2,1-3H3;1H/t16-,17-;/m1./s1. The summed E-state index contributed by atoms with van der Waals surface area (Å²) in [5.41, 5.74) is 0.641. The summed E-state index contributed by atoms with van der Waals surface area (Å²) in [6, 6.07) is 9.62. The molecule has 2 rings (SSSR count). The number of esters is 1. The fourth-order valence-electron chi connectivity index (χ4n) is 3.02. The minimum absolute atomic E-state index is 0. The molecule has 1 saturated carbocycles. The summed E-state index contributed by atoms with van der Waals surface area (Å²) >= 11 is 0. The van der Waals surface area contributed by atoms with Crippen molar-refractivity contribution in [2.24, 2.45) is 0 Å². The first kappa shape index (κ1) is 19.9. The Morgan fingerprint density at radius 3 is 2.39 bits per heavy atom. The Kier molecular flexibility index (Phi) is 8.59. The van der Waals surface area contributed by atoms with Crippen LogP contribution in [-0.4, -0.2) is 62.1 Å². The van der Waals surface area contributed by atoms with Gasteiger partial charge in [0, 0.05) is 19.1 Å². The van der Waals surface area contributed by atoms with Crippen molar-refractivity contribution >= 4 is 18.4 Å². The molecule has 0 radical (unpaired) electrons. The first-order chi connectivity index (χ1) is 10.6. The maximum absolute atomic E-state index is 12.3. The minimum Gasteiger partial charge on any atom is -0.457 e. The van der Waals surface area contributed by atoms with Crippen molar-refractivity contribution in [1.82, 2.24) is 9.80 Å².